The molecular formula is C21H26ClN3O3S. The zero-order valence-corrected chi connectivity index (χ0v) is 18.0. The Hall–Kier alpha value is -1.93. The van der Waals surface area contributed by atoms with Crippen LogP contribution in [0.25, 0.3) is 0 Å². The molecule has 2 aromatic rings. The zero-order chi connectivity index (χ0) is 20.6. The van der Waals surface area contributed by atoms with Gasteiger partial charge < -0.3 is 15.0 Å². The summed E-state index contributed by atoms with van der Waals surface area (Å²) in [5.74, 6) is -0.383. The highest BCUT2D eigenvalue weighted by molar-refractivity contribution is 7.09. The number of ether oxygens (including phenoxy) is 1. The monoisotopic (exact) mass is 435 g/mol. The van der Waals surface area contributed by atoms with Crippen LogP contribution >= 0.6 is 22.9 Å². The van der Waals surface area contributed by atoms with Crippen LogP contribution in [0.2, 0.25) is 5.02 Å². The average Bonchev–Trinajstić information content (AvgIpc) is 3.37. The molecule has 2 amide bonds. The lowest BCUT2D eigenvalue weighted by molar-refractivity contribution is -0.134. The van der Waals surface area contributed by atoms with E-state index in [-0.39, 0.29) is 31.0 Å². The lowest BCUT2D eigenvalue weighted by Crippen LogP contribution is -2.43. The van der Waals surface area contributed by atoms with Gasteiger partial charge in [-0.2, -0.15) is 0 Å². The van der Waals surface area contributed by atoms with Gasteiger partial charge in [0.15, 0.2) is 0 Å². The van der Waals surface area contributed by atoms with Crippen LogP contribution in [0.4, 0.5) is 5.69 Å². The minimum atomic E-state index is -0.280. The fraction of sp³-hybridized carbons (Fsp3) is 0.429. The van der Waals surface area contributed by atoms with E-state index in [0.717, 1.165) is 19.4 Å². The first-order chi connectivity index (χ1) is 14.0. The Balaban J connectivity index is 1.54. The minimum Gasteiger partial charge on any atom is -0.377 e. The lowest BCUT2D eigenvalue weighted by Gasteiger charge is -2.26. The summed E-state index contributed by atoms with van der Waals surface area (Å²) in [5, 5.41) is 5.25. The van der Waals surface area contributed by atoms with E-state index in [4.69, 9.17) is 16.3 Å². The molecule has 1 saturated heterocycles. The smallest absolute Gasteiger partial charge is 0.244 e. The Bertz CT molecular complexity index is 809. The molecule has 1 aliphatic heterocycles. The predicted molar refractivity (Wildman–Crippen MR) is 116 cm³/mol. The number of halogens is 1. The van der Waals surface area contributed by atoms with Crippen LogP contribution in [0, 0.1) is 0 Å². The number of hydrogen-bond acceptors (Lipinski definition) is 5. The summed E-state index contributed by atoms with van der Waals surface area (Å²) in [6.45, 7) is 2.41. The van der Waals surface area contributed by atoms with Crippen molar-refractivity contribution in [3.63, 3.8) is 0 Å². The molecule has 1 N–H and O–H groups in total. The zero-order valence-electron chi connectivity index (χ0n) is 16.5. The summed E-state index contributed by atoms with van der Waals surface area (Å²) in [7, 11) is 1.64. The van der Waals surface area contributed by atoms with Gasteiger partial charge in [-0.25, -0.2) is 0 Å². The summed E-state index contributed by atoms with van der Waals surface area (Å²) >= 11 is 7.75. The number of likely N-dealkylation sites (N-methyl/N-ethyl adjacent to an activating group) is 1. The van der Waals surface area contributed by atoms with Crippen molar-refractivity contribution in [2.45, 2.75) is 25.5 Å². The van der Waals surface area contributed by atoms with E-state index < -0.39 is 0 Å². The highest BCUT2D eigenvalue weighted by Gasteiger charge is 2.23. The number of carbonyl (C=O) groups is 2. The van der Waals surface area contributed by atoms with Crippen LogP contribution in [0.1, 0.15) is 17.7 Å². The van der Waals surface area contributed by atoms with E-state index in [9.17, 15) is 9.59 Å². The van der Waals surface area contributed by atoms with Gasteiger partial charge in [0, 0.05) is 31.6 Å². The SMILES string of the molecule is CN(CC(=O)Nc1ccccc1Cl)C(=O)CN(Cc1cccs1)C[C@H]1CCCO1. The Morgan fingerprint density at radius 3 is 2.76 bits per heavy atom. The Labute approximate surface area is 180 Å². The summed E-state index contributed by atoms with van der Waals surface area (Å²) < 4.78 is 5.75. The number of nitrogens with zero attached hydrogens (tertiary/aromatic N) is 2. The maximum absolute atomic E-state index is 12.8. The molecule has 3 rings (SSSR count). The Kier molecular flexibility index (Phi) is 8.06. The molecule has 0 radical (unpaired) electrons. The van der Waals surface area contributed by atoms with Crippen LogP contribution in [0.3, 0.4) is 0 Å². The summed E-state index contributed by atoms with van der Waals surface area (Å²) in [6, 6.07) is 11.1. The van der Waals surface area contributed by atoms with Crippen LogP contribution in [-0.2, 0) is 20.9 Å². The standard InChI is InChI=1S/C21H26ClN3O3S/c1-24(14-20(26)23-19-9-3-2-8-18(19)22)21(27)15-25(12-16-6-4-10-28-16)13-17-7-5-11-29-17/h2-3,5,7-9,11,16H,4,6,10,12-15H2,1H3,(H,23,26)/t16-/m1/s1. The van der Waals surface area contributed by atoms with Crippen LogP contribution in [0.15, 0.2) is 41.8 Å². The molecule has 0 spiro atoms. The number of anilines is 1. The van der Waals surface area contributed by atoms with Crippen molar-refractivity contribution in [1.82, 2.24) is 9.80 Å². The quantitative estimate of drug-likeness (QED) is 0.655. The van der Waals surface area contributed by atoms with E-state index in [0.29, 0.717) is 23.8 Å². The highest BCUT2D eigenvalue weighted by Crippen LogP contribution is 2.20. The van der Waals surface area contributed by atoms with E-state index in [1.165, 1.54) is 9.78 Å². The van der Waals surface area contributed by atoms with Gasteiger partial charge in [0.1, 0.15) is 0 Å². The number of benzene rings is 1. The molecule has 156 valence electrons. The lowest BCUT2D eigenvalue weighted by atomic mass is 10.2. The van der Waals surface area contributed by atoms with Crippen molar-refractivity contribution in [3.05, 3.63) is 51.7 Å². The first-order valence-corrected chi connectivity index (χ1v) is 10.9. The third-order valence-corrected chi connectivity index (χ3v) is 5.95. The molecule has 2 heterocycles. The van der Waals surface area contributed by atoms with Crippen LogP contribution < -0.4 is 5.32 Å². The summed E-state index contributed by atoms with van der Waals surface area (Å²) in [6.07, 6.45) is 2.25. The first kappa shape index (κ1) is 21.8. The van der Waals surface area contributed by atoms with Crippen molar-refractivity contribution in [2.24, 2.45) is 0 Å². The normalized spacial score (nSPS) is 16.2. The number of thiophene rings is 1. The molecule has 0 bridgehead atoms. The van der Waals surface area contributed by atoms with Crippen molar-refractivity contribution >= 4 is 40.4 Å². The third-order valence-electron chi connectivity index (χ3n) is 4.76. The molecule has 6 nitrogen and oxygen atoms in total. The number of carbonyl (C=O) groups excluding carboxylic acids is 2. The van der Waals surface area contributed by atoms with Gasteiger partial charge >= 0.3 is 0 Å². The number of rotatable bonds is 9. The molecule has 0 unspecified atom stereocenters. The summed E-state index contributed by atoms with van der Waals surface area (Å²) in [5.41, 5.74) is 0.540. The van der Waals surface area contributed by atoms with Gasteiger partial charge in [0.2, 0.25) is 11.8 Å². The van der Waals surface area contributed by atoms with Crippen molar-refractivity contribution in [2.75, 3.05) is 38.6 Å². The molecule has 1 aromatic carbocycles. The van der Waals surface area contributed by atoms with Gasteiger partial charge in [0.05, 0.1) is 29.9 Å². The van der Waals surface area contributed by atoms with E-state index in [1.54, 1.807) is 42.6 Å². The summed E-state index contributed by atoms with van der Waals surface area (Å²) in [4.78, 5) is 29.8. The topological polar surface area (TPSA) is 61.9 Å². The second-order valence-corrected chi connectivity index (χ2v) is 8.60. The van der Waals surface area contributed by atoms with Gasteiger partial charge in [-0.15, -0.1) is 11.3 Å². The molecule has 8 heteroatoms. The highest BCUT2D eigenvalue weighted by atomic mass is 35.5. The number of amides is 2. The molecule has 1 aromatic heterocycles. The molecule has 1 atom stereocenters. The molecule has 0 saturated carbocycles. The maximum Gasteiger partial charge on any atom is 0.244 e. The van der Waals surface area contributed by atoms with Crippen molar-refractivity contribution in [1.29, 1.82) is 0 Å². The van der Waals surface area contributed by atoms with E-state index in [1.807, 2.05) is 11.4 Å². The molecule has 1 fully saturated rings. The van der Waals surface area contributed by atoms with E-state index in [2.05, 4.69) is 16.3 Å². The molecule has 1 aliphatic rings. The largest absolute Gasteiger partial charge is 0.377 e. The maximum atomic E-state index is 12.8. The van der Waals surface area contributed by atoms with Gasteiger partial charge in [-0.3, -0.25) is 14.5 Å². The number of hydrogen-bond donors (Lipinski definition) is 1. The first-order valence-electron chi connectivity index (χ1n) is 9.66. The Morgan fingerprint density at radius 2 is 2.07 bits per heavy atom. The van der Waals surface area contributed by atoms with Crippen molar-refractivity contribution in [3.8, 4) is 0 Å². The third kappa shape index (κ3) is 6.82. The Morgan fingerprint density at radius 1 is 1.24 bits per heavy atom. The average molecular weight is 436 g/mol. The number of nitrogens with one attached hydrogen (secondary N) is 1. The van der Waals surface area contributed by atoms with Crippen LogP contribution in [-0.4, -0.2) is 61.0 Å². The fourth-order valence-electron chi connectivity index (χ4n) is 3.25. The molecular weight excluding hydrogens is 410 g/mol. The minimum absolute atomic E-state index is 0.0309. The van der Waals surface area contributed by atoms with Gasteiger partial charge in [0.25, 0.3) is 0 Å². The van der Waals surface area contributed by atoms with E-state index >= 15 is 0 Å². The predicted octanol–water partition coefficient (Wildman–Crippen LogP) is 3.48. The van der Waals surface area contributed by atoms with Gasteiger partial charge in [-0.05, 0) is 36.4 Å². The van der Waals surface area contributed by atoms with Crippen molar-refractivity contribution < 1.29 is 14.3 Å². The fourth-order valence-corrected chi connectivity index (χ4v) is 4.18. The second kappa shape index (κ2) is 10.7. The second-order valence-electron chi connectivity index (χ2n) is 7.16. The number of para-hydroxylation sites is 1. The van der Waals surface area contributed by atoms with Crippen LogP contribution in [0.5, 0.6) is 0 Å². The molecule has 29 heavy (non-hydrogen) atoms. The van der Waals surface area contributed by atoms with Gasteiger partial charge in [-0.1, -0.05) is 29.8 Å². The molecule has 0 aliphatic carbocycles.